The van der Waals surface area contributed by atoms with Gasteiger partial charge in [0.05, 0.1) is 22.4 Å². The topological polar surface area (TPSA) is 42.9 Å². The van der Waals surface area contributed by atoms with Gasteiger partial charge in [0.25, 0.3) is 0 Å². The van der Waals surface area contributed by atoms with E-state index in [1.54, 1.807) is 0 Å². The molecule has 4 heteroatoms. The lowest BCUT2D eigenvalue weighted by Crippen LogP contribution is -2.24. The van der Waals surface area contributed by atoms with Crippen molar-refractivity contribution in [1.82, 2.24) is 9.97 Å². The first-order valence-electron chi connectivity index (χ1n) is 17.7. The first-order chi connectivity index (χ1) is 24.9. The Labute approximate surface area is 298 Å². The van der Waals surface area contributed by atoms with E-state index in [1.165, 1.54) is 27.3 Å². The number of hydrogen-bond acceptors (Lipinski definition) is 3. The molecule has 0 bridgehead atoms. The van der Waals surface area contributed by atoms with Crippen molar-refractivity contribution in [2.75, 3.05) is 0 Å². The standard InChI is InChI=1S/C47H37N2OP/c1-30-16-10-11-21-37(30)47-45-32(3)42-38-22-12-14-24-40(38)48-46(44(42)31(2)43(45)39-23-13-15-25-41(39)49-47)33-26-28-36(29-27-33)51(50,34-17-6-4-7-18-34)35-19-8-5-9-20-35/h4-30,37H,1-3H3. The van der Waals surface area contributed by atoms with Crippen molar-refractivity contribution in [2.24, 2.45) is 5.92 Å². The van der Waals surface area contributed by atoms with Crippen molar-refractivity contribution in [3.63, 3.8) is 0 Å². The summed E-state index contributed by atoms with van der Waals surface area (Å²) in [6.45, 7) is 6.81. The number of aromatic nitrogens is 2. The summed E-state index contributed by atoms with van der Waals surface area (Å²) < 4.78 is 15.2. The van der Waals surface area contributed by atoms with E-state index >= 15 is 4.57 Å². The lowest BCUT2D eigenvalue weighted by atomic mass is 9.81. The number of rotatable bonds is 5. The molecule has 9 rings (SSSR count). The van der Waals surface area contributed by atoms with Gasteiger partial charge < -0.3 is 4.57 Å². The fraction of sp³-hybridized carbons (Fsp3) is 0.106. The van der Waals surface area contributed by atoms with Gasteiger partial charge in [-0.3, -0.25) is 4.98 Å². The van der Waals surface area contributed by atoms with Crippen molar-refractivity contribution in [2.45, 2.75) is 26.7 Å². The van der Waals surface area contributed by atoms with E-state index < -0.39 is 7.14 Å². The summed E-state index contributed by atoms with van der Waals surface area (Å²) in [5.74, 6) is 0.496. The van der Waals surface area contributed by atoms with Crippen LogP contribution in [0.5, 0.6) is 0 Å². The lowest BCUT2D eigenvalue weighted by Gasteiger charge is -2.25. The third-order valence-electron chi connectivity index (χ3n) is 10.8. The Morgan fingerprint density at radius 2 is 1.00 bits per heavy atom. The zero-order valence-corrected chi connectivity index (χ0v) is 29.8. The fourth-order valence-electron chi connectivity index (χ4n) is 8.28. The summed E-state index contributed by atoms with van der Waals surface area (Å²) in [6, 6.07) is 45.1. The van der Waals surface area contributed by atoms with Gasteiger partial charge in [0.15, 0.2) is 7.14 Å². The molecule has 3 nitrogen and oxygen atoms in total. The maximum absolute atomic E-state index is 15.2. The Balaban J connectivity index is 1.34. The van der Waals surface area contributed by atoms with Gasteiger partial charge in [0, 0.05) is 48.9 Å². The minimum atomic E-state index is -3.11. The van der Waals surface area contributed by atoms with Crippen LogP contribution in [0.1, 0.15) is 29.7 Å². The molecule has 1 aliphatic rings. The third kappa shape index (κ3) is 4.91. The number of aryl methyl sites for hydroxylation is 2. The van der Waals surface area contributed by atoms with Crippen LogP contribution in [-0.2, 0) is 4.57 Å². The quantitative estimate of drug-likeness (QED) is 0.104. The zero-order chi connectivity index (χ0) is 34.7. The van der Waals surface area contributed by atoms with Gasteiger partial charge in [-0.15, -0.1) is 0 Å². The smallest absolute Gasteiger partial charge is 0.171 e. The number of para-hydroxylation sites is 2. The number of benzene rings is 6. The molecule has 2 atom stereocenters. The van der Waals surface area contributed by atoms with Gasteiger partial charge in [-0.2, -0.15) is 0 Å². The molecule has 51 heavy (non-hydrogen) atoms. The van der Waals surface area contributed by atoms with Crippen molar-refractivity contribution < 1.29 is 4.57 Å². The number of allylic oxidation sites excluding steroid dienone is 4. The van der Waals surface area contributed by atoms with E-state index in [4.69, 9.17) is 9.97 Å². The Hall–Kier alpha value is -5.63. The molecule has 0 radical (unpaired) electrons. The van der Waals surface area contributed by atoms with Gasteiger partial charge >= 0.3 is 0 Å². The predicted molar refractivity (Wildman–Crippen MR) is 217 cm³/mol. The summed E-state index contributed by atoms with van der Waals surface area (Å²) in [5, 5.41) is 9.58. The van der Waals surface area contributed by atoms with E-state index in [0.717, 1.165) is 60.1 Å². The van der Waals surface area contributed by atoms with Crippen LogP contribution in [0.3, 0.4) is 0 Å². The summed E-state index contributed by atoms with van der Waals surface area (Å²) in [4.78, 5) is 10.8. The number of pyridine rings is 2. The van der Waals surface area contributed by atoms with Crippen LogP contribution in [0, 0.1) is 19.8 Å². The highest BCUT2D eigenvalue weighted by atomic mass is 31.2. The van der Waals surface area contributed by atoms with Crippen molar-refractivity contribution in [1.29, 1.82) is 0 Å². The van der Waals surface area contributed by atoms with E-state index in [-0.39, 0.29) is 5.92 Å². The SMILES string of the molecule is Cc1c2c(C3C=CC=CC3C)nc3ccccc3c2c(C)c2c(-c3ccc(P(=O)(c4ccccc4)c4ccccc4)cc3)nc3ccccc3c12. The molecule has 8 aromatic rings. The predicted octanol–water partition coefficient (Wildman–Crippen LogP) is 10.9. The average molecular weight is 677 g/mol. The summed E-state index contributed by atoms with van der Waals surface area (Å²) >= 11 is 0. The van der Waals surface area contributed by atoms with Crippen LogP contribution in [0.2, 0.25) is 0 Å². The first kappa shape index (κ1) is 31.4. The molecule has 0 fully saturated rings. The maximum atomic E-state index is 15.2. The molecule has 0 N–H and O–H groups in total. The molecular formula is C47H37N2OP. The van der Waals surface area contributed by atoms with Crippen LogP contribution in [0.4, 0.5) is 0 Å². The number of hydrogen-bond donors (Lipinski definition) is 0. The van der Waals surface area contributed by atoms with Crippen molar-refractivity contribution in [3.05, 3.63) is 175 Å². The molecule has 0 saturated heterocycles. The Morgan fingerprint density at radius 3 is 1.61 bits per heavy atom. The highest BCUT2D eigenvalue weighted by molar-refractivity contribution is 7.85. The fourth-order valence-corrected chi connectivity index (χ4v) is 10.9. The highest BCUT2D eigenvalue weighted by Crippen LogP contribution is 2.47. The van der Waals surface area contributed by atoms with Gasteiger partial charge in [-0.1, -0.05) is 153 Å². The summed E-state index contributed by atoms with van der Waals surface area (Å²) in [6.07, 6.45) is 8.90. The van der Waals surface area contributed by atoms with Crippen molar-refractivity contribution in [3.8, 4) is 11.3 Å². The molecule has 6 aromatic carbocycles. The minimum absolute atomic E-state index is 0.169. The molecule has 246 valence electrons. The molecule has 0 spiro atoms. The number of nitrogens with zero attached hydrogens (tertiary/aromatic N) is 2. The van der Waals surface area contributed by atoms with Gasteiger partial charge in [-0.05, 0) is 53.8 Å². The van der Waals surface area contributed by atoms with Gasteiger partial charge in [0.2, 0.25) is 0 Å². The molecular weight excluding hydrogens is 640 g/mol. The number of fused-ring (bicyclic) bond motifs is 6. The normalized spacial score (nSPS) is 16.1. The van der Waals surface area contributed by atoms with Gasteiger partial charge in [-0.25, -0.2) is 4.98 Å². The summed E-state index contributed by atoms with van der Waals surface area (Å²) in [7, 11) is -3.11. The molecule has 2 unspecified atom stereocenters. The van der Waals surface area contributed by atoms with E-state index in [0.29, 0.717) is 5.92 Å². The van der Waals surface area contributed by atoms with Crippen LogP contribution >= 0.6 is 7.14 Å². The Morgan fingerprint density at radius 1 is 0.510 bits per heavy atom. The second kappa shape index (κ2) is 12.3. The molecule has 2 aromatic heterocycles. The maximum Gasteiger partial charge on any atom is 0.171 e. The van der Waals surface area contributed by atoms with E-state index in [9.17, 15) is 0 Å². The molecule has 1 aliphatic carbocycles. The average Bonchev–Trinajstić information content (AvgIpc) is 3.19. The minimum Gasteiger partial charge on any atom is -0.309 e. The van der Waals surface area contributed by atoms with Crippen LogP contribution < -0.4 is 15.9 Å². The first-order valence-corrected chi connectivity index (χ1v) is 19.4. The monoisotopic (exact) mass is 676 g/mol. The molecule has 0 saturated carbocycles. The molecule has 2 heterocycles. The Kier molecular flexibility index (Phi) is 7.56. The third-order valence-corrected chi connectivity index (χ3v) is 13.9. The van der Waals surface area contributed by atoms with Crippen LogP contribution in [0.15, 0.2) is 158 Å². The largest absolute Gasteiger partial charge is 0.309 e. The zero-order valence-electron chi connectivity index (χ0n) is 28.9. The second-order valence-electron chi connectivity index (χ2n) is 13.7. The second-order valence-corrected chi connectivity index (χ2v) is 16.5. The highest BCUT2D eigenvalue weighted by Gasteiger charge is 2.30. The molecule has 0 amide bonds. The van der Waals surface area contributed by atoms with Crippen molar-refractivity contribution >= 4 is 66.4 Å². The van der Waals surface area contributed by atoms with Crippen LogP contribution in [0.25, 0.3) is 54.6 Å². The van der Waals surface area contributed by atoms with E-state index in [2.05, 4.69) is 106 Å². The van der Waals surface area contributed by atoms with Gasteiger partial charge in [0.1, 0.15) is 0 Å². The van der Waals surface area contributed by atoms with E-state index in [1.807, 2.05) is 72.8 Å². The lowest BCUT2D eigenvalue weighted by molar-refractivity contribution is 0.592. The summed E-state index contributed by atoms with van der Waals surface area (Å²) in [5.41, 5.74) is 7.44. The molecule has 0 aliphatic heterocycles. The van der Waals surface area contributed by atoms with Crippen LogP contribution in [-0.4, -0.2) is 9.97 Å². The Bertz CT molecular complexity index is 2710.